The van der Waals surface area contributed by atoms with Gasteiger partial charge in [0.25, 0.3) is 0 Å². The van der Waals surface area contributed by atoms with Crippen molar-refractivity contribution in [3.05, 3.63) is 23.9 Å². The maximum atomic E-state index is 4.64. The highest BCUT2D eigenvalue weighted by atomic mass is 32.2. The Morgan fingerprint density at radius 2 is 2.28 bits per heavy atom. The summed E-state index contributed by atoms with van der Waals surface area (Å²) in [5.41, 5.74) is 1.16. The number of rotatable bonds is 4. The summed E-state index contributed by atoms with van der Waals surface area (Å²) in [6.07, 6.45) is 0. The molecule has 100 valence electrons. The molecule has 0 saturated carbocycles. The number of nitrogens with zero attached hydrogens (tertiary/aromatic N) is 2. The predicted octanol–water partition coefficient (Wildman–Crippen LogP) is 2.84. The van der Waals surface area contributed by atoms with Crippen LogP contribution in [0.15, 0.2) is 18.2 Å². The van der Waals surface area contributed by atoms with Gasteiger partial charge < -0.3 is 5.32 Å². The molecule has 2 rings (SSSR count). The van der Waals surface area contributed by atoms with E-state index in [1.165, 1.54) is 12.3 Å². The van der Waals surface area contributed by atoms with Gasteiger partial charge in [0, 0.05) is 36.7 Å². The topological polar surface area (TPSA) is 28.2 Å². The lowest BCUT2D eigenvalue weighted by atomic mass is 10.2. The molecule has 1 aromatic heterocycles. The SMILES string of the molecule is CCNc1cccc(CN2CCSC(C)(C)C2)n1. The first kappa shape index (κ1) is 13.7. The molecule has 1 fully saturated rings. The molecule has 3 nitrogen and oxygen atoms in total. The van der Waals surface area contributed by atoms with Crippen LogP contribution in [-0.4, -0.2) is 40.0 Å². The van der Waals surface area contributed by atoms with Gasteiger partial charge in [-0.05, 0) is 32.9 Å². The maximum absolute atomic E-state index is 4.64. The third-order valence-electron chi connectivity index (χ3n) is 3.05. The number of hydrogen-bond donors (Lipinski definition) is 1. The van der Waals surface area contributed by atoms with Gasteiger partial charge in [-0.2, -0.15) is 11.8 Å². The Labute approximate surface area is 114 Å². The summed E-state index contributed by atoms with van der Waals surface area (Å²) in [4.78, 5) is 7.15. The summed E-state index contributed by atoms with van der Waals surface area (Å²) in [5.74, 6) is 2.21. The quantitative estimate of drug-likeness (QED) is 0.906. The normalized spacial score (nSPS) is 19.7. The first-order valence-electron chi connectivity index (χ1n) is 6.65. The highest BCUT2D eigenvalue weighted by Gasteiger charge is 2.26. The molecule has 0 aliphatic carbocycles. The fraction of sp³-hybridized carbons (Fsp3) is 0.643. The van der Waals surface area contributed by atoms with Crippen LogP contribution >= 0.6 is 11.8 Å². The van der Waals surface area contributed by atoms with E-state index in [4.69, 9.17) is 0 Å². The predicted molar refractivity (Wildman–Crippen MR) is 80.2 cm³/mol. The second-order valence-electron chi connectivity index (χ2n) is 5.36. The van der Waals surface area contributed by atoms with E-state index in [1.54, 1.807) is 0 Å². The number of aromatic nitrogens is 1. The van der Waals surface area contributed by atoms with Crippen LogP contribution in [0.25, 0.3) is 0 Å². The van der Waals surface area contributed by atoms with Crippen LogP contribution in [0.4, 0.5) is 5.82 Å². The minimum absolute atomic E-state index is 0.373. The first-order chi connectivity index (χ1) is 8.59. The summed E-state index contributed by atoms with van der Waals surface area (Å²) in [6.45, 7) is 10.9. The van der Waals surface area contributed by atoms with E-state index in [-0.39, 0.29) is 0 Å². The van der Waals surface area contributed by atoms with Crippen LogP contribution in [0.2, 0.25) is 0 Å². The van der Waals surface area contributed by atoms with Crippen molar-refractivity contribution < 1.29 is 0 Å². The van der Waals surface area contributed by atoms with E-state index in [9.17, 15) is 0 Å². The van der Waals surface area contributed by atoms with Gasteiger partial charge in [0.2, 0.25) is 0 Å². The van der Waals surface area contributed by atoms with Crippen LogP contribution in [0.3, 0.4) is 0 Å². The molecule has 2 heterocycles. The lowest BCUT2D eigenvalue weighted by Crippen LogP contribution is -2.42. The average molecular weight is 265 g/mol. The van der Waals surface area contributed by atoms with Crippen LogP contribution in [0.1, 0.15) is 26.5 Å². The molecule has 0 radical (unpaired) electrons. The largest absolute Gasteiger partial charge is 0.370 e. The summed E-state index contributed by atoms with van der Waals surface area (Å²) >= 11 is 2.07. The Hall–Kier alpha value is -0.740. The molecule has 0 spiro atoms. The summed E-state index contributed by atoms with van der Waals surface area (Å²) in [6, 6.07) is 6.24. The molecule has 4 heteroatoms. The monoisotopic (exact) mass is 265 g/mol. The van der Waals surface area contributed by atoms with E-state index in [1.807, 2.05) is 6.07 Å². The molecule has 1 saturated heterocycles. The molecule has 18 heavy (non-hydrogen) atoms. The van der Waals surface area contributed by atoms with E-state index >= 15 is 0 Å². The van der Waals surface area contributed by atoms with Gasteiger partial charge in [-0.15, -0.1) is 0 Å². The number of hydrogen-bond acceptors (Lipinski definition) is 4. The molecule has 1 aliphatic rings. The zero-order valence-electron chi connectivity index (χ0n) is 11.6. The lowest BCUT2D eigenvalue weighted by molar-refractivity contribution is 0.250. The van der Waals surface area contributed by atoms with Crippen molar-refractivity contribution in [3.8, 4) is 0 Å². The van der Waals surface area contributed by atoms with E-state index < -0.39 is 0 Å². The lowest BCUT2D eigenvalue weighted by Gasteiger charge is -2.37. The minimum Gasteiger partial charge on any atom is -0.370 e. The van der Waals surface area contributed by atoms with E-state index in [0.29, 0.717) is 4.75 Å². The highest BCUT2D eigenvalue weighted by molar-refractivity contribution is 8.00. The molecular weight excluding hydrogens is 242 g/mol. The van der Waals surface area contributed by atoms with Gasteiger partial charge in [-0.1, -0.05) is 6.07 Å². The van der Waals surface area contributed by atoms with Gasteiger partial charge in [-0.3, -0.25) is 4.90 Å². The van der Waals surface area contributed by atoms with Crippen molar-refractivity contribution >= 4 is 17.6 Å². The third-order valence-corrected chi connectivity index (χ3v) is 4.35. The summed E-state index contributed by atoms with van der Waals surface area (Å²) in [7, 11) is 0. The zero-order chi connectivity index (χ0) is 13.0. The molecule has 1 aliphatic heterocycles. The second-order valence-corrected chi connectivity index (χ2v) is 7.17. The van der Waals surface area contributed by atoms with Crippen molar-refractivity contribution in [1.29, 1.82) is 0 Å². The Kier molecular flexibility index (Phi) is 4.51. The van der Waals surface area contributed by atoms with Crippen molar-refractivity contribution in [2.24, 2.45) is 0 Å². The van der Waals surface area contributed by atoms with Crippen LogP contribution < -0.4 is 5.32 Å². The zero-order valence-corrected chi connectivity index (χ0v) is 12.4. The number of thioether (sulfide) groups is 1. The molecule has 1 N–H and O–H groups in total. The summed E-state index contributed by atoms with van der Waals surface area (Å²) < 4.78 is 0.373. The number of pyridine rings is 1. The molecule has 1 aromatic rings. The number of anilines is 1. The Morgan fingerprint density at radius 3 is 3.00 bits per heavy atom. The Morgan fingerprint density at radius 1 is 1.44 bits per heavy atom. The van der Waals surface area contributed by atoms with Gasteiger partial charge in [-0.25, -0.2) is 4.98 Å². The fourth-order valence-electron chi connectivity index (χ4n) is 2.33. The molecule has 0 amide bonds. The first-order valence-corrected chi connectivity index (χ1v) is 7.64. The van der Waals surface area contributed by atoms with Crippen molar-refractivity contribution in [2.75, 3.05) is 30.7 Å². The van der Waals surface area contributed by atoms with Crippen LogP contribution in [0, 0.1) is 0 Å². The van der Waals surface area contributed by atoms with E-state index in [0.717, 1.165) is 31.1 Å². The molecule has 0 aromatic carbocycles. The molecule has 0 bridgehead atoms. The number of nitrogens with one attached hydrogen (secondary N) is 1. The second kappa shape index (κ2) is 5.93. The van der Waals surface area contributed by atoms with Crippen LogP contribution in [-0.2, 0) is 6.54 Å². The summed E-state index contributed by atoms with van der Waals surface area (Å²) in [5, 5.41) is 3.27. The minimum atomic E-state index is 0.373. The van der Waals surface area contributed by atoms with Gasteiger partial charge in [0.15, 0.2) is 0 Å². The van der Waals surface area contributed by atoms with Crippen molar-refractivity contribution in [2.45, 2.75) is 32.1 Å². The van der Waals surface area contributed by atoms with Gasteiger partial charge >= 0.3 is 0 Å². The van der Waals surface area contributed by atoms with E-state index in [2.05, 4.69) is 59.9 Å². The smallest absolute Gasteiger partial charge is 0.126 e. The standard InChI is InChI=1S/C14H23N3S/c1-4-15-13-7-5-6-12(16-13)10-17-8-9-18-14(2,3)11-17/h5-7H,4,8-11H2,1-3H3,(H,15,16). The maximum Gasteiger partial charge on any atom is 0.126 e. The van der Waals surface area contributed by atoms with Gasteiger partial charge in [0.05, 0.1) is 5.69 Å². The average Bonchev–Trinajstić information content (AvgIpc) is 2.28. The molecule has 0 atom stereocenters. The fourth-order valence-corrected chi connectivity index (χ4v) is 3.50. The third kappa shape index (κ3) is 3.89. The van der Waals surface area contributed by atoms with Crippen molar-refractivity contribution in [3.63, 3.8) is 0 Å². The highest BCUT2D eigenvalue weighted by Crippen LogP contribution is 2.30. The Bertz CT molecular complexity index is 392. The van der Waals surface area contributed by atoms with Gasteiger partial charge in [0.1, 0.15) is 5.82 Å². The van der Waals surface area contributed by atoms with Crippen molar-refractivity contribution in [1.82, 2.24) is 9.88 Å². The van der Waals surface area contributed by atoms with Crippen LogP contribution in [0.5, 0.6) is 0 Å². The molecular formula is C14H23N3S. The Balaban J connectivity index is 1.98. The molecule has 0 unspecified atom stereocenters.